The van der Waals surface area contributed by atoms with Crippen LogP contribution in [0.25, 0.3) is 0 Å². The number of carbonyl (C=O) groups is 1. The van der Waals surface area contributed by atoms with Crippen LogP contribution in [0.3, 0.4) is 0 Å². The second kappa shape index (κ2) is 7.38. The summed E-state index contributed by atoms with van der Waals surface area (Å²) in [6.07, 6.45) is 0. The summed E-state index contributed by atoms with van der Waals surface area (Å²) in [6.45, 7) is 5.07. The van der Waals surface area contributed by atoms with Gasteiger partial charge in [-0.25, -0.2) is 23.7 Å². The van der Waals surface area contributed by atoms with Crippen LogP contribution in [0.5, 0.6) is 0 Å². The molecule has 0 saturated carbocycles. The van der Waals surface area contributed by atoms with Crippen LogP contribution in [0.1, 0.15) is 23.9 Å². The number of nitrogens with two attached hydrogens (primary N) is 1. The summed E-state index contributed by atoms with van der Waals surface area (Å²) in [6, 6.07) is 5.83. The van der Waals surface area contributed by atoms with Crippen molar-refractivity contribution in [3.63, 3.8) is 0 Å². The number of aryl methyl sites for hydroxylation is 2. The molecule has 0 spiro atoms. The van der Waals surface area contributed by atoms with Gasteiger partial charge in [0.2, 0.25) is 11.9 Å². The van der Waals surface area contributed by atoms with Crippen molar-refractivity contribution < 1.29 is 13.6 Å². The first-order valence-electron chi connectivity index (χ1n) is 9.17. The molecule has 1 aromatic carbocycles. The fourth-order valence-electron chi connectivity index (χ4n) is 3.59. The van der Waals surface area contributed by atoms with Crippen molar-refractivity contribution in [3.05, 3.63) is 52.9 Å². The normalized spacial score (nSPS) is 21.9. The van der Waals surface area contributed by atoms with Gasteiger partial charge in [-0.05, 0) is 31.5 Å². The Morgan fingerprint density at radius 1 is 1.17 bits per heavy atom. The van der Waals surface area contributed by atoms with Gasteiger partial charge in [-0.3, -0.25) is 9.69 Å². The topological polar surface area (TPSA) is 87.7 Å². The molecule has 1 aromatic heterocycles. The maximum absolute atomic E-state index is 14.0. The first kappa shape index (κ1) is 20.6. The monoisotopic (exact) mass is 402 g/mol. The molecule has 9 heteroatoms. The lowest BCUT2D eigenvalue weighted by Crippen LogP contribution is -2.57. The van der Waals surface area contributed by atoms with Crippen molar-refractivity contribution in [1.29, 1.82) is 0 Å². The number of anilines is 1. The van der Waals surface area contributed by atoms with Gasteiger partial charge in [0.1, 0.15) is 11.4 Å². The Labute approximate surface area is 168 Å². The number of hydrogen-bond acceptors (Lipinski definition) is 6. The third-order valence-electron chi connectivity index (χ3n) is 5.41. The molecule has 0 radical (unpaired) electrons. The first-order valence-corrected chi connectivity index (χ1v) is 9.17. The molecule has 0 bridgehead atoms. The standard InChI is InChI=1S/C20H24F2N6O/c1-11-17(29)28(5)18(23)26-20(11,14-6-8-15(21)9-7-14)10-27(4)19-24-12(2)16(22)13(3)25-19/h6-9,11H,10H2,1-5H3,(H2,23,26)/t11-,20-/m0/s1. The number of aliphatic imine (C=N–C) groups is 1. The van der Waals surface area contributed by atoms with E-state index in [1.165, 1.54) is 17.0 Å². The maximum atomic E-state index is 14.0. The summed E-state index contributed by atoms with van der Waals surface area (Å²) in [7, 11) is 3.30. The molecule has 0 fully saturated rings. The molecular weight excluding hydrogens is 378 g/mol. The number of carbonyl (C=O) groups excluding carboxylic acids is 1. The molecule has 7 nitrogen and oxygen atoms in total. The molecule has 0 aliphatic carbocycles. The van der Waals surface area contributed by atoms with E-state index in [0.29, 0.717) is 11.5 Å². The Bertz CT molecular complexity index is 954. The molecule has 2 heterocycles. The van der Waals surface area contributed by atoms with E-state index >= 15 is 0 Å². The van der Waals surface area contributed by atoms with Gasteiger partial charge in [-0.1, -0.05) is 19.1 Å². The Balaban J connectivity index is 2.12. The Kier molecular flexibility index (Phi) is 5.25. The van der Waals surface area contributed by atoms with Crippen LogP contribution in [-0.4, -0.2) is 47.4 Å². The van der Waals surface area contributed by atoms with Crippen LogP contribution in [0.2, 0.25) is 0 Å². The number of rotatable bonds is 4. The first-order chi connectivity index (χ1) is 13.6. The molecule has 154 valence electrons. The fourth-order valence-corrected chi connectivity index (χ4v) is 3.59. The molecule has 2 N–H and O–H groups in total. The van der Waals surface area contributed by atoms with Crippen LogP contribution in [-0.2, 0) is 10.3 Å². The summed E-state index contributed by atoms with van der Waals surface area (Å²) in [5, 5.41) is 0. The van der Waals surface area contributed by atoms with Gasteiger partial charge in [0.05, 0.1) is 23.9 Å². The summed E-state index contributed by atoms with van der Waals surface area (Å²) in [5.74, 6) is -1.28. The minimum absolute atomic E-state index is 0.0678. The summed E-state index contributed by atoms with van der Waals surface area (Å²) < 4.78 is 27.5. The van der Waals surface area contributed by atoms with E-state index < -0.39 is 23.1 Å². The molecule has 1 aliphatic heterocycles. The van der Waals surface area contributed by atoms with Crippen LogP contribution >= 0.6 is 0 Å². The van der Waals surface area contributed by atoms with Crippen molar-refractivity contribution in [3.8, 4) is 0 Å². The average Bonchev–Trinajstić information content (AvgIpc) is 2.68. The summed E-state index contributed by atoms with van der Waals surface area (Å²) in [5.41, 5.74) is 6.04. The van der Waals surface area contributed by atoms with Crippen molar-refractivity contribution in [2.45, 2.75) is 26.3 Å². The Morgan fingerprint density at radius 2 is 1.72 bits per heavy atom. The number of nitrogens with zero attached hydrogens (tertiary/aromatic N) is 5. The second-order valence-corrected chi connectivity index (χ2v) is 7.38. The van der Waals surface area contributed by atoms with Crippen molar-refractivity contribution in [1.82, 2.24) is 14.9 Å². The lowest BCUT2D eigenvalue weighted by Gasteiger charge is -2.43. The predicted molar refractivity (Wildman–Crippen MR) is 106 cm³/mol. The zero-order chi connectivity index (χ0) is 21.5. The molecule has 2 aromatic rings. The number of hydrogen-bond donors (Lipinski definition) is 1. The van der Waals surface area contributed by atoms with Crippen LogP contribution in [0.4, 0.5) is 14.7 Å². The molecule has 2 atom stereocenters. The van der Waals surface area contributed by atoms with Crippen molar-refractivity contribution in [2.75, 3.05) is 25.5 Å². The minimum Gasteiger partial charge on any atom is -0.369 e. The van der Waals surface area contributed by atoms with Crippen molar-refractivity contribution >= 4 is 17.8 Å². The van der Waals surface area contributed by atoms with Gasteiger partial charge in [0.15, 0.2) is 11.8 Å². The van der Waals surface area contributed by atoms with E-state index in [0.717, 1.165) is 0 Å². The molecule has 29 heavy (non-hydrogen) atoms. The number of guanidine groups is 1. The quantitative estimate of drug-likeness (QED) is 0.847. The fraction of sp³-hybridized carbons (Fsp3) is 0.400. The van der Waals surface area contributed by atoms with E-state index in [1.807, 2.05) is 0 Å². The number of amides is 1. The third-order valence-corrected chi connectivity index (χ3v) is 5.41. The van der Waals surface area contributed by atoms with Gasteiger partial charge in [0.25, 0.3) is 0 Å². The lowest BCUT2D eigenvalue weighted by atomic mass is 9.77. The molecule has 0 saturated heterocycles. The van der Waals surface area contributed by atoms with E-state index in [2.05, 4.69) is 15.0 Å². The molecule has 1 amide bonds. The van der Waals surface area contributed by atoms with Crippen LogP contribution in [0.15, 0.2) is 29.3 Å². The predicted octanol–water partition coefficient (Wildman–Crippen LogP) is 2.13. The van der Waals surface area contributed by atoms with Crippen molar-refractivity contribution in [2.24, 2.45) is 16.6 Å². The highest BCUT2D eigenvalue weighted by Crippen LogP contribution is 2.39. The zero-order valence-corrected chi connectivity index (χ0v) is 17.1. The molecule has 0 unspecified atom stereocenters. The summed E-state index contributed by atoms with van der Waals surface area (Å²) in [4.78, 5) is 29.0. The van der Waals surface area contributed by atoms with Gasteiger partial charge in [-0.2, -0.15) is 0 Å². The van der Waals surface area contributed by atoms with E-state index in [-0.39, 0.29) is 29.8 Å². The average molecular weight is 402 g/mol. The summed E-state index contributed by atoms with van der Waals surface area (Å²) >= 11 is 0. The van der Waals surface area contributed by atoms with Gasteiger partial charge in [-0.15, -0.1) is 0 Å². The van der Waals surface area contributed by atoms with Crippen LogP contribution < -0.4 is 10.6 Å². The third kappa shape index (κ3) is 3.52. The van der Waals surface area contributed by atoms with Crippen LogP contribution in [0, 0.1) is 31.4 Å². The molecular formula is C20H24F2N6O. The van der Waals surface area contributed by atoms with Gasteiger partial charge >= 0.3 is 0 Å². The number of aromatic nitrogens is 2. The van der Waals surface area contributed by atoms with E-state index in [9.17, 15) is 13.6 Å². The largest absolute Gasteiger partial charge is 0.369 e. The number of likely N-dealkylation sites (N-methyl/N-ethyl adjacent to an activating group) is 1. The maximum Gasteiger partial charge on any atom is 0.234 e. The zero-order valence-electron chi connectivity index (χ0n) is 17.1. The second-order valence-electron chi connectivity index (χ2n) is 7.38. The smallest absolute Gasteiger partial charge is 0.234 e. The molecule has 3 rings (SSSR count). The number of benzene rings is 1. The lowest BCUT2D eigenvalue weighted by molar-refractivity contribution is -0.133. The van der Waals surface area contributed by atoms with Gasteiger partial charge < -0.3 is 10.6 Å². The Hall–Kier alpha value is -3.10. The van der Waals surface area contributed by atoms with E-state index in [4.69, 9.17) is 5.73 Å². The van der Waals surface area contributed by atoms with E-state index in [1.54, 1.807) is 51.9 Å². The molecule has 1 aliphatic rings. The van der Waals surface area contributed by atoms with Gasteiger partial charge in [0, 0.05) is 14.1 Å². The highest BCUT2D eigenvalue weighted by Gasteiger charge is 2.48. The Morgan fingerprint density at radius 3 is 2.28 bits per heavy atom. The number of halogens is 2. The SMILES string of the molecule is Cc1nc(N(C)C[C@]2(c3ccc(F)cc3)N=C(N)N(C)C(=O)[C@@H]2C)nc(C)c1F. The highest BCUT2D eigenvalue weighted by molar-refractivity contribution is 6.00. The highest BCUT2D eigenvalue weighted by atomic mass is 19.1. The minimum atomic E-state index is -1.09.